The van der Waals surface area contributed by atoms with E-state index in [0.717, 1.165) is 0 Å². The van der Waals surface area contributed by atoms with Crippen LogP contribution < -0.4 is 0 Å². The second-order valence-corrected chi connectivity index (χ2v) is 2.78. The van der Waals surface area contributed by atoms with Crippen LogP contribution in [0.25, 0.3) is 0 Å². The highest BCUT2D eigenvalue weighted by molar-refractivity contribution is 5.94. The molecule has 0 fully saturated rings. The number of hydrogen-bond donors (Lipinski definition) is 0. The van der Waals surface area contributed by atoms with Crippen molar-refractivity contribution in [1.29, 1.82) is 0 Å². The largest absolute Gasteiger partial charge is 0.428 e. The van der Waals surface area contributed by atoms with Crippen LogP contribution in [0, 0.1) is 0 Å². The van der Waals surface area contributed by atoms with Crippen molar-refractivity contribution in [3.63, 3.8) is 0 Å². The Hall–Kier alpha value is -0.624. The van der Waals surface area contributed by atoms with Gasteiger partial charge < -0.3 is 9.47 Å². The number of ether oxygens (including phenoxy) is 2. The molecule has 0 aliphatic carbocycles. The minimum absolute atomic E-state index is 0. The Balaban J connectivity index is 0. The van der Waals surface area contributed by atoms with Gasteiger partial charge in [0.05, 0.1) is 0 Å². The molecule has 15 heavy (non-hydrogen) atoms. The van der Waals surface area contributed by atoms with Gasteiger partial charge in [-0.2, -0.15) is 0 Å². The number of carbonyl (C=O) groups excluding carboxylic acids is 3. The van der Waals surface area contributed by atoms with Crippen molar-refractivity contribution in [2.24, 2.45) is 0 Å². The van der Waals surface area contributed by atoms with Gasteiger partial charge in [-0.15, -0.1) is 0 Å². The Bertz CT molecular complexity index is 227. The average molecular weight is 229 g/mol. The summed E-state index contributed by atoms with van der Waals surface area (Å²) in [5.41, 5.74) is 0. The van der Waals surface area contributed by atoms with Gasteiger partial charge in [0.2, 0.25) is 6.79 Å². The molecule has 0 rings (SSSR count). The first-order valence-corrected chi connectivity index (χ1v) is 4.37. The zero-order valence-electron chi connectivity index (χ0n) is 8.37. The molecule has 0 aromatic carbocycles. The van der Waals surface area contributed by atoms with Crippen LogP contribution in [0.1, 0.15) is 33.1 Å². The molecule has 0 spiro atoms. The zero-order chi connectivity index (χ0) is 11.0. The van der Waals surface area contributed by atoms with Gasteiger partial charge in [-0.25, -0.2) is 0 Å². The lowest BCUT2D eigenvalue weighted by Crippen LogP contribution is -2.14. The summed E-state index contributed by atoms with van der Waals surface area (Å²) >= 11 is 0. The lowest BCUT2D eigenvalue weighted by atomic mass is 10.3. The Morgan fingerprint density at radius 2 is 1.60 bits per heavy atom. The Morgan fingerprint density at radius 3 is 2.07 bits per heavy atom. The van der Waals surface area contributed by atoms with Gasteiger partial charge in [-0.3, -0.25) is 14.4 Å². The first kappa shape index (κ1) is 16.8. The highest BCUT2D eigenvalue weighted by Crippen LogP contribution is 1.93. The summed E-state index contributed by atoms with van der Waals surface area (Å²) < 4.78 is 9.01. The Kier molecular flexibility index (Phi) is 11.1. The van der Waals surface area contributed by atoms with Crippen LogP contribution in [-0.4, -0.2) is 47.6 Å². The maximum Gasteiger partial charge on any atom is 0.316 e. The van der Waals surface area contributed by atoms with E-state index in [4.69, 9.17) is 0 Å². The molecule has 0 saturated heterocycles. The van der Waals surface area contributed by atoms with E-state index in [0.29, 0.717) is 12.8 Å². The van der Waals surface area contributed by atoms with Gasteiger partial charge in [0.15, 0.2) is 0 Å². The van der Waals surface area contributed by atoms with Gasteiger partial charge in [-0.1, -0.05) is 6.92 Å². The predicted octanol–water partition coefficient (Wildman–Crippen LogP) is -0.107. The van der Waals surface area contributed by atoms with Crippen molar-refractivity contribution >= 4 is 40.8 Å². The molecule has 0 aliphatic rings. The Morgan fingerprint density at radius 1 is 1.07 bits per heavy atom. The minimum atomic E-state index is -0.679. The summed E-state index contributed by atoms with van der Waals surface area (Å²) in [4.78, 5) is 32.0. The van der Waals surface area contributed by atoms with Crippen molar-refractivity contribution < 1.29 is 23.9 Å². The summed E-state index contributed by atoms with van der Waals surface area (Å²) in [6.07, 6.45) is 0.690. The van der Waals surface area contributed by atoms with Gasteiger partial charge >= 0.3 is 35.0 Å². The van der Waals surface area contributed by atoms with Gasteiger partial charge in [0.1, 0.15) is 12.2 Å². The fraction of sp³-hybridized carbons (Fsp3) is 0.667. The number of esters is 2. The molecular weight excluding hydrogens is 212 g/mol. The number of ketones is 1. The van der Waals surface area contributed by atoms with E-state index in [1.165, 1.54) is 6.92 Å². The van der Waals surface area contributed by atoms with Crippen LogP contribution in [0.3, 0.4) is 0 Å². The van der Waals surface area contributed by atoms with E-state index in [-0.39, 0.29) is 35.3 Å². The molecule has 0 aromatic heterocycles. The smallest absolute Gasteiger partial charge is 0.316 e. The van der Waals surface area contributed by atoms with Gasteiger partial charge in [0.25, 0.3) is 0 Å². The summed E-state index contributed by atoms with van der Waals surface area (Å²) in [6.45, 7) is 2.71. The third-order valence-corrected chi connectivity index (χ3v) is 1.29. The fourth-order valence-corrected chi connectivity index (χ4v) is 0.691. The van der Waals surface area contributed by atoms with Crippen LogP contribution in [0.2, 0.25) is 0 Å². The molecule has 0 aromatic rings. The monoisotopic (exact) mass is 228 g/mol. The van der Waals surface area contributed by atoms with Crippen LogP contribution in [-0.2, 0) is 23.9 Å². The second-order valence-electron chi connectivity index (χ2n) is 2.78. The SMILES string of the molecule is CCCC(=O)OCOC(=O)CC(C)=O.[MgH2]. The third kappa shape index (κ3) is 11.3. The topological polar surface area (TPSA) is 69.7 Å². The molecule has 0 saturated carbocycles. The Labute approximate surface area is 105 Å². The van der Waals surface area contributed by atoms with E-state index in [2.05, 4.69) is 9.47 Å². The minimum Gasteiger partial charge on any atom is -0.428 e. The highest BCUT2D eigenvalue weighted by Gasteiger charge is 2.07. The summed E-state index contributed by atoms with van der Waals surface area (Å²) in [7, 11) is 0. The molecule has 0 atom stereocenters. The summed E-state index contributed by atoms with van der Waals surface area (Å²) in [5.74, 6) is -1.38. The third-order valence-electron chi connectivity index (χ3n) is 1.29. The van der Waals surface area contributed by atoms with Crippen LogP contribution >= 0.6 is 0 Å². The maximum atomic E-state index is 10.8. The van der Waals surface area contributed by atoms with E-state index >= 15 is 0 Å². The van der Waals surface area contributed by atoms with Crippen molar-refractivity contribution in [3.8, 4) is 0 Å². The fourth-order valence-electron chi connectivity index (χ4n) is 0.691. The maximum absolute atomic E-state index is 10.8. The molecule has 0 amide bonds. The van der Waals surface area contributed by atoms with Crippen LogP contribution in [0.4, 0.5) is 0 Å². The van der Waals surface area contributed by atoms with Crippen LogP contribution in [0.15, 0.2) is 0 Å². The standard InChI is InChI=1S/C9H14O5.Mg.2H/c1-3-4-8(11)13-6-14-9(12)5-7(2)10;;;/h3-6H2,1-2H3;;;. The lowest BCUT2D eigenvalue weighted by Gasteiger charge is -2.04. The van der Waals surface area contributed by atoms with Crippen molar-refractivity contribution in [3.05, 3.63) is 0 Å². The summed E-state index contributed by atoms with van der Waals surface area (Å²) in [6, 6.07) is 0. The van der Waals surface area contributed by atoms with Crippen molar-refractivity contribution in [1.82, 2.24) is 0 Å². The molecule has 0 aliphatic heterocycles. The first-order chi connectivity index (χ1) is 6.56. The number of Topliss-reactive ketones (excluding diaryl/α,β-unsaturated/α-hetero) is 1. The van der Waals surface area contributed by atoms with E-state index in [1.54, 1.807) is 0 Å². The summed E-state index contributed by atoms with van der Waals surface area (Å²) in [5, 5.41) is 0. The number of rotatable bonds is 6. The average Bonchev–Trinajstić information content (AvgIpc) is 2.02. The molecular formula is C9H16MgO5. The molecule has 0 N–H and O–H groups in total. The van der Waals surface area contributed by atoms with E-state index < -0.39 is 18.7 Å². The van der Waals surface area contributed by atoms with E-state index in [9.17, 15) is 14.4 Å². The second kappa shape index (κ2) is 9.91. The zero-order valence-corrected chi connectivity index (χ0v) is 8.37. The number of carbonyl (C=O) groups is 3. The number of hydrogen-bond acceptors (Lipinski definition) is 5. The predicted molar refractivity (Wildman–Crippen MR) is 55.8 cm³/mol. The van der Waals surface area contributed by atoms with E-state index in [1.807, 2.05) is 6.92 Å². The normalized spacial score (nSPS) is 8.67. The first-order valence-electron chi connectivity index (χ1n) is 4.37. The molecule has 6 heteroatoms. The molecule has 0 heterocycles. The molecule has 0 bridgehead atoms. The lowest BCUT2D eigenvalue weighted by molar-refractivity contribution is -0.167. The molecule has 0 unspecified atom stereocenters. The molecule has 5 nitrogen and oxygen atoms in total. The van der Waals surface area contributed by atoms with Crippen molar-refractivity contribution in [2.75, 3.05) is 6.79 Å². The van der Waals surface area contributed by atoms with Gasteiger partial charge in [-0.05, 0) is 13.3 Å². The van der Waals surface area contributed by atoms with Gasteiger partial charge in [0, 0.05) is 6.42 Å². The van der Waals surface area contributed by atoms with Crippen LogP contribution in [0.5, 0.6) is 0 Å². The van der Waals surface area contributed by atoms with Crippen molar-refractivity contribution in [2.45, 2.75) is 33.1 Å². The molecule has 84 valence electrons. The molecule has 0 radical (unpaired) electrons. The highest BCUT2D eigenvalue weighted by atomic mass is 24.3. The quantitative estimate of drug-likeness (QED) is 0.275.